The minimum absolute atomic E-state index is 0.0534. The Kier molecular flexibility index (Phi) is 5.94. The quantitative estimate of drug-likeness (QED) is 0.870. The van der Waals surface area contributed by atoms with E-state index in [2.05, 4.69) is 22.3 Å². The lowest BCUT2D eigenvalue weighted by molar-refractivity contribution is -0.128. The molecule has 0 bridgehead atoms. The zero-order chi connectivity index (χ0) is 18.7. The van der Waals surface area contributed by atoms with Gasteiger partial charge in [0.1, 0.15) is 0 Å². The summed E-state index contributed by atoms with van der Waals surface area (Å²) in [6.45, 7) is 11.4. The van der Waals surface area contributed by atoms with Crippen LogP contribution in [0.15, 0.2) is 12.1 Å². The van der Waals surface area contributed by atoms with Gasteiger partial charge in [-0.2, -0.15) is 0 Å². The maximum absolute atomic E-state index is 12.7. The van der Waals surface area contributed by atoms with E-state index >= 15 is 0 Å². The van der Waals surface area contributed by atoms with Gasteiger partial charge in [0, 0.05) is 44.8 Å². The first-order valence-corrected chi connectivity index (χ1v) is 9.40. The molecular formula is C20H29N3O3. The van der Waals surface area contributed by atoms with Gasteiger partial charge in [0.25, 0.3) is 0 Å². The van der Waals surface area contributed by atoms with Gasteiger partial charge in [-0.3, -0.25) is 14.5 Å². The highest BCUT2D eigenvalue weighted by Gasteiger charge is 2.34. The van der Waals surface area contributed by atoms with E-state index in [-0.39, 0.29) is 17.7 Å². The summed E-state index contributed by atoms with van der Waals surface area (Å²) in [5.74, 6) is -0.245. The number of benzene rings is 1. The summed E-state index contributed by atoms with van der Waals surface area (Å²) in [6.07, 6.45) is 0.304. The highest BCUT2D eigenvalue weighted by atomic mass is 16.5. The molecule has 1 atom stereocenters. The van der Waals surface area contributed by atoms with Crippen molar-refractivity contribution in [2.45, 2.75) is 27.2 Å². The molecule has 0 aliphatic carbocycles. The van der Waals surface area contributed by atoms with Crippen LogP contribution in [0.3, 0.4) is 0 Å². The van der Waals surface area contributed by atoms with E-state index in [0.717, 1.165) is 49.7 Å². The number of carbonyl (C=O) groups is 2. The summed E-state index contributed by atoms with van der Waals surface area (Å²) in [4.78, 5) is 29.1. The standard InChI is InChI=1S/C20H29N3O3/c1-14-10-15(2)19(16(3)11-14)21-20(25)17-12-18(24)23(13-17)5-4-22-6-8-26-9-7-22/h10-11,17H,4-9,12-13H2,1-3H3,(H,21,25). The summed E-state index contributed by atoms with van der Waals surface area (Å²) < 4.78 is 5.35. The monoisotopic (exact) mass is 359 g/mol. The molecule has 6 nitrogen and oxygen atoms in total. The van der Waals surface area contributed by atoms with Gasteiger partial charge in [0.05, 0.1) is 19.1 Å². The first kappa shape index (κ1) is 18.9. The Morgan fingerprint density at radius 2 is 1.81 bits per heavy atom. The van der Waals surface area contributed by atoms with Crippen LogP contribution in [0.2, 0.25) is 0 Å². The van der Waals surface area contributed by atoms with Crippen molar-refractivity contribution < 1.29 is 14.3 Å². The van der Waals surface area contributed by atoms with E-state index in [1.165, 1.54) is 5.56 Å². The van der Waals surface area contributed by atoms with Crippen LogP contribution in [0, 0.1) is 26.7 Å². The number of hydrogen-bond acceptors (Lipinski definition) is 4. The van der Waals surface area contributed by atoms with Crippen molar-refractivity contribution in [3.8, 4) is 0 Å². The number of carbonyl (C=O) groups excluding carboxylic acids is 2. The molecule has 1 unspecified atom stereocenters. The number of hydrogen-bond donors (Lipinski definition) is 1. The van der Waals surface area contributed by atoms with E-state index < -0.39 is 0 Å². The molecule has 1 aromatic rings. The fourth-order valence-corrected chi connectivity index (χ4v) is 3.85. The average molecular weight is 359 g/mol. The maximum atomic E-state index is 12.7. The van der Waals surface area contributed by atoms with Crippen LogP contribution in [-0.2, 0) is 14.3 Å². The van der Waals surface area contributed by atoms with E-state index in [0.29, 0.717) is 19.5 Å². The lowest BCUT2D eigenvalue weighted by Gasteiger charge is -2.28. The second-order valence-corrected chi connectivity index (χ2v) is 7.46. The first-order valence-electron chi connectivity index (χ1n) is 9.40. The Labute approximate surface area is 155 Å². The number of nitrogens with one attached hydrogen (secondary N) is 1. The Hall–Kier alpha value is -1.92. The summed E-state index contributed by atoms with van der Waals surface area (Å²) in [5.41, 5.74) is 4.18. The predicted molar refractivity (Wildman–Crippen MR) is 101 cm³/mol. The predicted octanol–water partition coefficient (Wildman–Crippen LogP) is 1.73. The van der Waals surface area contributed by atoms with Gasteiger partial charge in [-0.1, -0.05) is 17.7 Å². The number of aryl methyl sites for hydroxylation is 3. The zero-order valence-corrected chi connectivity index (χ0v) is 16.0. The smallest absolute Gasteiger partial charge is 0.229 e. The third kappa shape index (κ3) is 4.43. The highest BCUT2D eigenvalue weighted by Crippen LogP contribution is 2.25. The van der Waals surface area contributed by atoms with Crippen LogP contribution in [-0.4, -0.2) is 67.6 Å². The normalized spacial score (nSPS) is 21.3. The SMILES string of the molecule is Cc1cc(C)c(NC(=O)C2CC(=O)N(CCN3CCOCC3)C2)c(C)c1. The fourth-order valence-electron chi connectivity index (χ4n) is 3.85. The number of rotatable bonds is 5. The average Bonchev–Trinajstić information content (AvgIpc) is 2.98. The zero-order valence-electron chi connectivity index (χ0n) is 16.0. The molecule has 0 radical (unpaired) electrons. The number of nitrogens with zero attached hydrogens (tertiary/aromatic N) is 2. The molecular weight excluding hydrogens is 330 g/mol. The van der Waals surface area contributed by atoms with Crippen LogP contribution >= 0.6 is 0 Å². The lowest BCUT2D eigenvalue weighted by Crippen LogP contribution is -2.42. The number of likely N-dealkylation sites (tertiary alicyclic amines) is 1. The van der Waals surface area contributed by atoms with Gasteiger partial charge in [-0.25, -0.2) is 0 Å². The lowest BCUT2D eigenvalue weighted by atomic mass is 10.0. The Morgan fingerprint density at radius 1 is 1.15 bits per heavy atom. The molecule has 2 amide bonds. The Balaban J connectivity index is 1.55. The van der Waals surface area contributed by atoms with Gasteiger partial charge < -0.3 is 15.0 Å². The molecule has 3 rings (SSSR count). The summed E-state index contributed by atoms with van der Waals surface area (Å²) in [5, 5.41) is 3.05. The molecule has 2 saturated heterocycles. The molecule has 1 N–H and O–H groups in total. The minimum Gasteiger partial charge on any atom is -0.379 e. The molecule has 2 aliphatic rings. The number of ether oxygens (including phenoxy) is 1. The summed E-state index contributed by atoms with van der Waals surface area (Å²) in [6, 6.07) is 4.13. The second kappa shape index (κ2) is 8.18. The van der Waals surface area contributed by atoms with Crippen molar-refractivity contribution >= 4 is 17.5 Å². The van der Waals surface area contributed by atoms with Gasteiger partial charge in [-0.15, -0.1) is 0 Å². The third-order valence-electron chi connectivity index (χ3n) is 5.30. The first-order chi connectivity index (χ1) is 12.4. The van der Waals surface area contributed by atoms with Crippen LogP contribution < -0.4 is 5.32 Å². The van der Waals surface area contributed by atoms with Gasteiger partial charge in [-0.05, 0) is 31.9 Å². The van der Waals surface area contributed by atoms with Crippen molar-refractivity contribution in [1.82, 2.24) is 9.80 Å². The van der Waals surface area contributed by atoms with Crippen molar-refractivity contribution in [1.29, 1.82) is 0 Å². The van der Waals surface area contributed by atoms with Crippen molar-refractivity contribution in [2.24, 2.45) is 5.92 Å². The molecule has 26 heavy (non-hydrogen) atoms. The molecule has 6 heteroatoms. The third-order valence-corrected chi connectivity index (χ3v) is 5.30. The Bertz CT molecular complexity index is 660. The maximum Gasteiger partial charge on any atom is 0.229 e. The van der Waals surface area contributed by atoms with E-state index in [1.54, 1.807) is 0 Å². The summed E-state index contributed by atoms with van der Waals surface area (Å²) >= 11 is 0. The van der Waals surface area contributed by atoms with Gasteiger partial charge >= 0.3 is 0 Å². The highest BCUT2D eigenvalue weighted by molar-refractivity contribution is 5.98. The molecule has 0 aromatic heterocycles. The molecule has 2 fully saturated rings. The Morgan fingerprint density at radius 3 is 2.46 bits per heavy atom. The van der Waals surface area contributed by atoms with Gasteiger partial charge in [0.15, 0.2) is 0 Å². The largest absolute Gasteiger partial charge is 0.379 e. The van der Waals surface area contributed by atoms with Crippen LogP contribution in [0.4, 0.5) is 5.69 Å². The number of amides is 2. The van der Waals surface area contributed by atoms with Crippen molar-refractivity contribution in [3.05, 3.63) is 28.8 Å². The van der Waals surface area contributed by atoms with Gasteiger partial charge in [0.2, 0.25) is 11.8 Å². The number of anilines is 1. The molecule has 0 spiro atoms. The van der Waals surface area contributed by atoms with Crippen molar-refractivity contribution in [2.75, 3.05) is 51.3 Å². The number of morpholine rings is 1. The van der Waals surface area contributed by atoms with Crippen molar-refractivity contribution in [3.63, 3.8) is 0 Å². The molecule has 1 aromatic carbocycles. The van der Waals surface area contributed by atoms with Crippen LogP contribution in [0.5, 0.6) is 0 Å². The molecule has 0 saturated carbocycles. The van der Waals surface area contributed by atoms with E-state index in [9.17, 15) is 9.59 Å². The fraction of sp³-hybridized carbons (Fsp3) is 0.600. The van der Waals surface area contributed by atoms with Crippen LogP contribution in [0.25, 0.3) is 0 Å². The summed E-state index contributed by atoms with van der Waals surface area (Å²) in [7, 11) is 0. The molecule has 2 aliphatic heterocycles. The van der Waals surface area contributed by atoms with Crippen LogP contribution in [0.1, 0.15) is 23.1 Å². The molecule has 142 valence electrons. The second-order valence-electron chi connectivity index (χ2n) is 7.46. The topological polar surface area (TPSA) is 61.9 Å². The van der Waals surface area contributed by atoms with E-state index in [4.69, 9.17) is 4.74 Å². The van der Waals surface area contributed by atoms with E-state index in [1.807, 2.05) is 25.7 Å². The molecule has 2 heterocycles. The minimum atomic E-state index is -0.271.